The van der Waals surface area contributed by atoms with E-state index in [1.807, 2.05) is 0 Å². The van der Waals surface area contributed by atoms with Gasteiger partial charge in [0.05, 0.1) is 6.04 Å². The monoisotopic (exact) mass is 346 g/mol. The van der Waals surface area contributed by atoms with Crippen LogP contribution in [0, 0.1) is 12.8 Å². The molecule has 0 radical (unpaired) electrons. The highest BCUT2D eigenvalue weighted by atomic mass is 79.9. The molecule has 112 valence electrons. The van der Waals surface area contributed by atoms with Gasteiger partial charge in [-0.3, -0.25) is 5.84 Å². The van der Waals surface area contributed by atoms with Crippen LogP contribution >= 0.6 is 15.9 Å². The van der Waals surface area contributed by atoms with E-state index in [0.29, 0.717) is 5.92 Å². The van der Waals surface area contributed by atoms with Gasteiger partial charge in [0.2, 0.25) is 0 Å². The predicted molar refractivity (Wildman–Crippen MR) is 93.0 cm³/mol. The zero-order valence-electron chi connectivity index (χ0n) is 12.9. The Hall–Kier alpha value is -1.16. The van der Waals surface area contributed by atoms with Gasteiger partial charge >= 0.3 is 0 Å². The zero-order chi connectivity index (χ0) is 15.4. The maximum atomic E-state index is 5.82. The fourth-order valence-electron chi connectivity index (χ4n) is 2.69. The van der Waals surface area contributed by atoms with Crippen molar-refractivity contribution in [1.29, 1.82) is 0 Å². The van der Waals surface area contributed by atoms with Gasteiger partial charge < -0.3 is 0 Å². The van der Waals surface area contributed by atoms with E-state index in [9.17, 15) is 0 Å². The molecule has 0 aliphatic rings. The summed E-state index contributed by atoms with van der Waals surface area (Å²) in [5.74, 6) is 6.47. The average Bonchev–Trinajstić information content (AvgIpc) is 2.38. The summed E-state index contributed by atoms with van der Waals surface area (Å²) < 4.78 is 1.08. The average molecular weight is 347 g/mol. The van der Waals surface area contributed by atoms with Crippen LogP contribution in [0.1, 0.15) is 42.1 Å². The van der Waals surface area contributed by atoms with Crippen LogP contribution in [0.4, 0.5) is 0 Å². The Morgan fingerprint density at radius 3 is 2.48 bits per heavy atom. The van der Waals surface area contributed by atoms with Crippen molar-refractivity contribution in [3.63, 3.8) is 0 Å². The van der Waals surface area contributed by atoms with Gasteiger partial charge in [-0.25, -0.2) is 5.43 Å². The van der Waals surface area contributed by atoms with Crippen molar-refractivity contribution in [3.8, 4) is 0 Å². The molecule has 2 aromatic carbocycles. The summed E-state index contributed by atoms with van der Waals surface area (Å²) in [6.07, 6.45) is 1.09. The van der Waals surface area contributed by atoms with Crippen LogP contribution in [0.3, 0.4) is 0 Å². The highest BCUT2D eigenvalue weighted by Gasteiger charge is 2.14. The number of aryl methyl sites for hydroxylation is 1. The first-order valence-electron chi connectivity index (χ1n) is 7.31. The molecule has 2 nitrogen and oxygen atoms in total. The SMILES string of the molecule is Cc1cc(Br)cc(C(NN)c2cccc(CC(C)C)c2)c1. The van der Waals surface area contributed by atoms with Gasteiger partial charge in [0.1, 0.15) is 0 Å². The summed E-state index contributed by atoms with van der Waals surface area (Å²) in [6, 6.07) is 15.1. The number of nitrogens with two attached hydrogens (primary N) is 1. The third-order valence-electron chi connectivity index (χ3n) is 3.49. The Bertz CT molecular complexity index is 588. The Morgan fingerprint density at radius 2 is 1.86 bits per heavy atom. The molecule has 2 rings (SSSR count). The van der Waals surface area contributed by atoms with Crippen LogP contribution in [-0.2, 0) is 6.42 Å². The van der Waals surface area contributed by atoms with Crippen molar-refractivity contribution in [1.82, 2.24) is 5.43 Å². The minimum absolute atomic E-state index is 0.00770. The summed E-state index contributed by atoms with van der Waals surface area (Å²) in [4.78, 5) is 0. The highest BCUT2D eigenvalue weighted by molar-refractivity contribution is 9.10. The lowest BCUT2D eigenvalue weighted by atomic mass is 9.94. The van der Waals surface area contributed by atoms with E-state index in [2.05, 4.69) is 84.6 Å². The van der Waals surface area contributed by atoms with Crippen LogP contribution < -0.4 is 11.3 Å². The van der Waals surface area contributed by atoms with Crippen molar-refractivity contribution in [2.24, 2.45) is 11.8 Å². The van der Waals surface area contributed by atoms with E-state index in [0.717, 1.165) is 10.9 Å². The van der Waals surface area contributed by atoms with Crippen molar-refractivity contribution in [3.05, 3.63) is 69.2 Å². The number of rotatable bonds is 5. The molecule has 3 heteroatoms. The number of hydrogen-bond donors (Lipinski definition) is 2. The van der Waals surface area contributed by atoms with Crippen molar-refractivity contribution in [2.45, 2.75) is 33.2 Å². The van der Waals surface area contributed by atoms with E-state index in [-0.39, 0.29) is 6.04 Å². The molecule has 0 heterocycles. The molecule has 0 aliphatic heterocycles. The van der Waals surface area contributed by atoms with Gasteiger partial charge in [0.15, 0.2) is 0 Å². The Kier molecular flexibility index (Phi) is 5.57. The number of hydrazine groups is 1. The second-order valence-corrected chi connectivity index (χ2v) is 6.92. The summed E-state index contributed by atoms with van der Waals surface area (Å²) in [5.41, 5.74) is 7.90. The second-order valence-electron chi connectivity index (χ2n) is 6.00. The Labute approximate surface area is 135 Å². The summed E-state index contributed by atoms with van der Waals surface area (Å²) >= 11 is 3.56. The smallest absolute Gasteiger partial charge is 0.0710 e. The van der Waals surface area contributed by atoms with Crippen molar-refractivity contribution < 1.29 is 0 Å². The Morgan fingerprint density at radius 1 is 1.10 bits per heavy atom. The molecule has 0 aromatic heterocycles. The largest absolute Gasteiger partial charge is 0.271 e. The molecular weight excluding hydrogens is 324 g/mol. The van der Waals surface area contributed by atoms with Gasteiger partial charge in [0.25, 0.3) is 0 Å². The van der Waals surface area contributed by atoms with Crippen LogP contribution in [-0.4, -0.2) is 0 Å². The zero-order valence-corrected chi connectivity index (χ0v) is 14.4. The fourth-order valence-corrected chi connectivity index (χ4v) is 3.31. The lowest BCUT2D eigenvalue weighted by molar-refractivity contribution is 0.627. The second kappa shape index (κ2) is 7.21. The summed E-state index contributed by atoms with van der Waals surface area (Å²) in [7, 11) is 0. The summed E-state index contributed by atoms with van der Waals surface area (Å²) in [6.45, 7) is 6.57. The van der Waals surface area contributed by atoms with E-state index in [4.69, 9.17) is 5.84 Å². The van der Waals surface area contributed by atoms with Gasteiger partial charge in [-0.15, -0.1) is 0 Å². The maximum absolute atomic E-state index is 5.82. The number of nitrogens with one attached hydrogen (secondary N) is 1. The first-order chi connectivity index (χ1) is 9.99. The Balaban J connectivity index is 2.36. The number of halogens is 1. The van der Waals surface area contributed by atoms with Crippen LogP contribution in [0.25, 0.3) is 0 Å². The molecule has 0 amide bonds. The fraction of sp³-hybridized carbons (Fsp3) is 0.333. The molecule has 2 aromatic rings. The first kappa shape index (κ1) is 16.2. The first-order valence-corrected chi connectivity index (χ1v) is 8.11. The highest BCUT2D eigenvalue weighted by Crippen LogP contribution is 2.26. The van der Waals surface area contributed by atoms with Gasteiger partial charge in [-0.05, 0) is 53.6 Å². The number of hydrogen-bond acceptors (Lipinski definition) is 2. The lowest BCUT2D eigenvalue weighted by Crippen LogP contribution is -2.29. The quantitative estimate of drug-likeness (QED) is 0.617. The molecule has 0 fully saturated rings. The van der Waals surface area contributed by atoms with Gasteiger partial charge in [-0.1, -0.05) is 60.1 Å². The van der Waals surface area contributed by atoms with E-state index < -0.39 is 0 Å². The van der Waals surface area contributed by atoms with Crippen LogP contribution in [0.2, 0.25) is 0 Å². The minimum atomic E-state index is 0.00770. The molecule has 1 atom stereocenters. The molecule has 0 aliphatic carbocycles. The van der Waals surface area contributed by atoms with Gasteiger partial charge in [-0.2, -0.15) is 0 Å². The van der Waals surface area contributed by atoms with Crippen LogP contribution in [0.15, 0.2) is 46.9 Å². The van der Waals surface area contributed by atoms with E-state index in [1.165, 1.54) is 22.3 Å². The lowest BCUT2D eigenvalue weighted by Gasteiger charge is -2.19. The minimum Gasteiger partial charge on any atom is -0.271 e. The molecule has 0 spiro atoms. The normalized spacial score (nSPS) is 12.7. The topological polar surface area (TPSA) is 38.0 Å². The van der Waals surface area contributed by atoms with Crippen molar-refractivity contribution in [2.75, 3.05) is 0 Å². The molecule has 0 saturated carbocycles. The van der Waals surface area contributed by atoms with E-state index >= 15 is 0 Å². The van der Waals surface area contributed by atoms with Crippen LogP contribution in [0.5, 0.6) is 0 Å². The van der Waals surface area contributed by atoms with Gasteiger partial charge in [0, 0.05) is 4.47 Å². The molecule has 3 N–H and O–H groups in total. The van der Waals surface area contributed by atoms with Crippen molar-refractivity contribution >= 4 is 15.9 Å². The number of benzene rings is 2. The standard InChI is InChI=1S/C18H23BrN2/c1-12(2)7-14-5-4-6-15(10-14)18(21-20)16-8-13(3)9-17(19)11-16/h4-6,8-12,18,21H,7,20H2,1-3H3. The summed E-state index contributed by atoms with van der Waals surface area (Å²) in [5, 5.41) is 0. The predicted octanol–water partition coefficient (Wildman–Crippen LogP) is 4.51. The third kappa shape index (κ3) is 4.40. The molecule has 1 unspecified atom stereocenters. The molecule has 0 bridgehead atoms. The molecular formula is C18H23BrN2. The third-order valence-corrected chi connectivity index (χ3v) is 3.95. The van der Waals surface area contributed by atoms with E-state index in [1.54, 1.807) is 0 Å². The maximum Gasteiger partial charge on any atom is 0.0710 e. The molecule has 21 heavy (non-hydrogen) atoms. The molecule has 0 saturated heterocycles.